The molecule has 1 nitrogen and oxygen atoms in total. The molecule has 0 bridgehead atoms. The van der Waals surface area contributed by atoms with E-state index in [0.717, 1.165) is 24.8 Å². The van der Waals surface area contributed by atoms with Crippen LogP contribution in [0.2, 0.25) is 19.6 Å². The van der Waals surface area contributed by atoms with Gasteiger partial charge in [0.2, 0.25) is 0 Å². The number of hydrogen-bond acceptors (Lipinski definition) is 1. The van der Waals surface area contributed by atoms with Crippen LogP contribution in [0.3, 0.4) is 0 Å². The van der Waals surface area contributed by atoms with Crippen molar-refractivity contribution in [3.8, 4) is 11.8 Å². The molecule has 0 heterocycles. The van der Waals surface area contributed by atoms with Crippen molar-refractivity contribution in [3.63, 3.8) is 0 Å². The van der Waals surface area contributed by atoms with E-state index < -0.39 is 13.3 Å². The topological polar surface area (TPSA) is 20.2 Å². The van der Waals surface area contributed by atoms with Gasteiger partial charge in [-0.05, 0) is 31.4 Å². The Morgan fingerprint density at radius 3 is 2.42 bits per heavy atom. The number of benzene rings is 1. The van der Waals surface area contributed by atoms with E-state index in [0.29, 0.717) is 0 Å². The summed E-state index contributed by atoms with van der Waals surface area (Å²) in [6.07, 6.45) is 4.50. The van der Waals surface area contributed by atoms with Crippen LogP contribution in [0.5, 0.6) is 0 Å². The normalized spacial score (nSPS) is 14.1. The Morgan fingerprint density at radius 1 is 1.26 bits per heavy atom. The average Bonchev–Trinajstić information content (AvgIpc) is 2.37. The van der Waals surface area contributed by atoms with Crippen molar-refractivity contribution in [2.75, 3.05) is 0 Å². The Hall–Kier alpha value is -1.30. The SMILES string of the molecule is C=CCCC[C@@](O)(C#Cc1ccccc1)[Si](C)(C)C. The molecule has 0 aromatic heterocycles. The quantitative estimate of drug-likeness (QED) is 0.372. The fourth-order valence-electron chi connectivity index (χ4n) is 1.82. The average molecular weight is 272 g/mol. The number of allylic oxidation sites excluding steroid dienone is 1. The van der Waals surface area contributed by atoms with E-state index in [9.17, 15) is 5.11 Å². The van der Waals surface area contributed by atoms with Crippen molar-refractivity contribution in [1.29, 1.82) is 0 Å². The van der Waals surface area contributed by atoms with Gasteiger partial charge in [-0.3, -0.25) is 0 Å². The highest BCUT2D eigenvalue weighted by Crippen LogP contribution is 2.26. The second-order valence-electron chi connectivity index (χ2n) is 5.91. The lowest BCUT2D eigenvalue weighted by Gasteiger charge is -2.34. The third-order valence-corrected chi connectivity index (χ3v) is 6.23. The summed E-state index contributed by atoms with van der Waals surface area (Å²) in [6.45, 7) is 10.2. The van der Waals surface area contributed by atoms with E-state index in [2.05, 4.69) is 38.1 Å². The van der Waals surface area contributed by atoms with E-state index in [-0.39, 0.29) is 0 Å². The first kappa shape index (κ1) is 15.8. The Bertz CT molecular complexity index is 462. The van der Waals surface area contributed by atoms with Gasteiger partial charge in [0.1, 0.15) is 5.22 Å². The van der Waals surface area contributed by atoms with Crippen LogP contribution in [0, 0.1) is 11.8 Å². The van der Waals surface area contributed by atoms with Gasteiger partial charge in [-0.15, -0.1) is 6.58 Å². The summed E-state index contributed by atoms with van der Waals surface area (Å²) >= 11 is 0. The van der Waals surface area contributed by atoms with Crippen LogP contribution in [-0.2, 0) is 0 Å². The van der Waals surface area contributed by atoms with E-state index in [1.165, 1.54) is 0 Å². The van der Waals surface area contributed by atoms with Gasteiger partial charge < -0.3 is 5.11 Å². The fourth-order valence-corrected chi connectivity index (χ4v) is 3.19. The minimum absolute atomic E-state index is 0.731. The van der Waals surface area contributed by atoms with Gasteiger partial charge in [-0.1, -0.05) is 55.8 Å². The molecule has 0 saturated carbocycles. The maximum Gasteiger partial charge on any atom is 0.112 e. The summed E-state index contributed by atoms with van der Waals surface area (Å²) in [5.41, 5.74) is 0.961. The number of unbranched alkanes of at least 4 members (excludes halogenated alkanes) is 1. The minimum Gasteiger partial charge on any atom is -0.381 e. The lowest BCUT2D eigenvalue weighted by molar-refractivity contribution is 0.163. The molecule has 0 aliphatic rings. The lowest BCUT2D eigenvalue weighted by Crippen LogP contribution is -2.51. The molecule has 0 aliphatic heterocycles. The van der Waals surface area contributed by atoms with Crippen LogP contribution in [0.15, 0.2) is 43.0 Å². The molecule has 0 saturated heterocycles. The molecule has 0 aliphatic carbocycles. The molecule has 0 amide bonds. The zero-order valence-corrected chi connectivity index (χ0v) is 13.2. The minimum atomic E-state index is -1.77. The summed E-state index contributed by atoms with van der Waals surface area (Å²) < 4.78 is 0. The zero-order valence-electron chi connectivity index (χ0n) is 12.2. The third kappa shape index (κ3) is 4.70. The highest BCUT2D eigenvalue weighted by Gasteiger charge is 2.39. The van der Waals surface area contributed by atoms with E-state index in [1.54, 1.807) is 0 Å². The van der Waals surface area contributed by atoms with Gasteiger partial charge in [0.15, 0.2) is 0 Å². The van der Waals surface area contributed by atoms with Crippen molar-refractivity contribution >= 4 is 8.07 Å². The zero-order chi connectivity index (χ0) is 14.4. The second-order valence-corrected chi connectivity index (χ2v) is 11.2. The molecule has 1 aromatic rings. The molecule has 1 atom stereocenters. The predicted octanol–water partition coefficient (Wildman–Crippen LogP) is 4.00. The van der Waals surface area contributed by atoms with Crippen molar-refractivity contribution in [1.82, 2.24) is 0 Å². The van der Waals surface area contributed by atoms with Crippen molar-refractivity contribution in [3.05, 3.63) is 48.6 Å². The second kappa shape index (κ2) is 6.74. The molecular formula is C17H24OSi. The monoisotopic (exact) mass is 272 g/mol. The van der Waals surface area contributed by atoms with Crippen LogP contribution < -0.4 is 0 Å². The van der Waals surface area contributed by atoms with Gasteiger partial charge in [-0.25, -0.2) is 0 Å². The third-order valence-electron chi connectivity index (χ3n) is 3.37. The summed E-state index contributed by atoms with van der Waals surface area (Å²) in [4.78, 5) is 0. The first-order valence-corrected chi connectivity index (χ1v) is 10.3. The molecule has 1 rings (SSSR count). The fraction of sp³-hybridized carbons (Fsp3) is 0.412. The number of hydrogen-bond donors (Lipinski definition) is 1. The van der Waals surface area contributed by atoms with Gasteiger partial charge in [0, 0.05) is 5.56 Å². The van der Waals surface area contributed by atoms with Gasteiger partial charge in [-0.2, -0.15) is 0 Å². The number of aliphatic hydroxyl groups is 1. The predicted molar refractivity (Wildman–Crippen MR) is 85.7 cm³/mol. The molecular weight excluding hydrogens is 248 g/mol. The van der Waals surface area contributed by atoms with E-state index in [4.69, 9.17) is 0 Å². The standard InChI is InChI=1S/C17H24OSi/c1-5-6-10-14-17(18,19(2,3)4)15-13-16-11-8-7-9-12-16/h5,7-9,11-12,18H,1,6,10,14H2,2-4H3/t17-/m0/s1. The molecule has 2 heteroatoms. The summed E-state index contributed by atoms with van der Waals surface area (Å²) in [7, 11) is -1.77. The van der Waals surface area contributed by atoms with Crippen molar-refractivity contribution < 1.29 is 5.11 Å². The van der Waals surface area contributed by atoms with Crippen LogP contribution in [0.4, 0.5) is 0 Å². The molecule has 19 heavy (non-hydrogen) atoms. The number of rotatable bonds is 5. The largest absolute Gasteiger partial charge is 0.381 e. The highest BCUT2D eigenvalue weighted by molar-refractivity contribution is 6.79. The molecule has 0 fully saturated rings. The molecule has 0 unspecified atom stereocenters. The Kier molecular flexibility index (Phi) is 5.59. The van der Waals surface area contributed by atoms with Crippen LogP contribution >= 0.6 is 0 Å². The summed E-state index contributed by atoms with van der Waals surface area (Å²) in [6, 6.07) is 9.85. The van der Waals surface area contributed by atoms with Gasteiger partial charge in [0.25, 0.3) is 0 Å². The first-order valence-electron chi connectivity index (χ1n) is 6.80. The van der Waals surface area contributed by atoms with Gasteiger partial charge in [0.05, 0.1) is 8.07 Å². The summed E-state index contributed by atoms with van der Waals surface area (Å²) in [5, 5.41) is 10.1. The molecule has 1 N–H and O–H groups in total. The van der Waals surface area contributed by atoms with Crippen LogP contribution in [-0.4, -0.2) is 18.4 Å². The highest BCUT2D eigenvalue weighted by atomic mass is 28.3. The van der Waals surface area contributed by atoms with Crippen LogP contribution in [0.1, 0.15) is 24.8 Å². The Morgan fingerprint density at radius 2 is 1.89 bits per heavy atom. The Labute approximate surface area is 118 Å². The van der Waals surface area contributed by atoms with Crippen LogP contribution in [0.25, 0.3) is 0 Å². The maximum atomic E-state index is 10.9. The molecule has 1 aromatic carbocycles. The van der Waals surface area contributed by atoms with Gasteiger partial charge >= 0.3 is 0 Å². The van der Waals surface area contributed by atoms with Crippen molar-refractivity contribution in [2.24, 2.45) is 0 Å². The summed E-state index contributed by atoms with van der Waals surface area (Å²) in [5.74, 6) is 6.27. The van der Waals surface area contributed by atoms with Crippen molar-refractivity contribution in [2.45, 2.75) is 44.1 Å². The van der Waals surface area contributed by atoms with E-state index >= 15 is 0 Å². The molecule has 102 valence electrons. The smallest absolute Gasteiger partial charge is 0.112 e. The molecule has 0 spiro atoms. The first-order chi connectivity index (χ1) is 8.89. The maximum absolute atomic E-state index is 10.9. The van der Waals surface area contributed by atoms with E-state index in [1.807, 2.05) is 36.4 Å². The molecule has 0 radical (unpaired) electrons. The lowest BCUT2D eigenvalue weighted by atomic mass is 10.1. The Balaban J connectivity index is 2.93.